The number of aryl methyl sites for hydroxylation is 1. The first kappa shape index (κ1) is 13.0. The molecule has 19 heavy (non-hydrogen) atoms. The zero-order valence-corrected chi connectivity index (χ0v) is 10.8. The van der Waals surface area contributed by atoms with Gasteiger partial charge in [-0.2, -0.15) is 0 Å². The number of rotatable bonds is 3. The molecular formula is C12H11N3O3S. The Balaban J connectivity index is 2.19. The molecule has 0 spiro atoms. The van der Waals surface area contributed by atoms with E-state index in [-0.39, 0.29) is 11.3 Å². The maximum absolute atomic E-state index is 11.8. The second-order valence-electron chi connectivity index (χ2n) is 3.72. The molecule has 6 nitrogen and oxygen atoms in total. The molecule has 0 unspecified atom stereocenters. The zero-order chi connectivity index (χ0) is 13.8. The predicted octanol–water partition coefficient (Wildman–Crippen LogP) is 2.79. The Bertz CT molecular complexity index is 611. The number of amides is 2. The normalized spacial score (nSPS) is 9.95. The number of para-hydroxylation sites is 1. The van der Waals surface area contributed by atoms with E-state index in [1.165, 1.54) is 17.4 Å². The van der Waals surface area contributed by atoms with Crippen molar-refractivity contribution in [1.82, 2.24) is 4.98 Å². The van der Waals surface area contributed by atoms with Crippen LogP contribution in [0.3, 0.4) is 0 Å². The number of urea groups is 1. The van der Waals surface area contributed by atoms with E-state index in [4.69, 9.17) is 5.11 Å². The van der Waals surface area contributed by atoms with Gasteiger partial charge in [-0.1, -0.05) is 12.1 Å². The molecule has 0 saturated carbocycles. The third-order valence-electron chi connectivity index (χ3n) is 2.39. The molecule has 2 rings (SSSR count). The Morgan fingerprint density at radius 2 is 2.11 bits per heavy atom. The SMILES string of the molecule is Cc1cccc(C(=O)O)c1NC(=O)Nc1nccs1. The van der Waals surface area contributed by atoms with Crippen LogP contribution in [0.5, 0.6) is 0 Å². The number of benzene rings is 1. The second kappa shape index (κ2) is 5.49. The largest absolute Gasteiger partial charge is 0.478 e. The number of nitrogens with zero attached hydrogens (tertiary/aromatic N) is 1. The lowest BCUT2D eigenvalue weighted by atomic mass is 10.1. The van der Waals surface area contributed by atoms with Crippen LogP contribution in [-0.2, 0) is 0 Å². The summed E-state index contributed by atoms with van der Waals surface area (Å²) >= 11 is 1.28. The van der Waals surface area contributed by atoms with Crippen molar-refractivity contribution in [2.75, 3.05) is 10.6 Å². The summed E-state index contributed by atoms with van der Waals surface area (Å²) < 4.78 is 0. The van der Waals surface area contributed by atoms with Crippen molar-refractivity contribution in [2.24, 2.45) is 0 Å². The number of thiazole rings is 1. The van der Waals surface area contributed by atoms with Crippen LogP contribution in [0.2, 0.25) is 0 Å². The molecule has 0 aliphatic heterocycles. The van der Waals surface area contributed by atoms with Crippen molar-refractivity contribution < 1.29 is 14.7 Å². The number of hydrogen-bond donors (Lipinski definition) is 3. The number of aromatic carboxylic acids is 1. The minimum atomic E-state index is -1.09. The highest BCUT2D eigenvalue weighted by molar-refractivity contribution is 7.13. The Kier molecular flexibility index (Phi) is 3.76. The Morgan fingerprint density at radius 3 is 2.74 bits per heavy atom. The number of carbonyl (C=O) groups excluding carboxylic acids is 1. The predicted molar refractivity (Wildman–Crippen MR) is 72.9 cm³/mol. The number of hydrogen-bond acceptors (Lipinski definition) is 4. The summed E-state index contributed by atoms with van der Waals surface area (Å²) in [6, 6.07) is 4.27. The monoisotopic (exact) mass is 277 g/mol. The van der Waals surface area contributed by atoms with Crippen LogP contribution in [0.4, 0.5) is 15.6 Å². The highest BCUT2D eigenvalue weighted by Crippen LogP contribution is 2.21. The first-order chi connectivity index (χ1) is 9.08. The van der Waals surface area contributed by atoms with Crippen LogP contribution in [0, 0.1) is 6.92 Å². The molecule has 0 fully saturated rings. The fourth-order valence-corrected chi connectivity index (χ4v) is 2.06. The fraction of sp³-hybridized carbons (Fsp3) is 0.0833. The van der Waals surface area contributed by atoms with E-state index < -0.39 is 12.0 Å². The van der Waals surface area contributed by atoms with E-state index in [0.29, 0.717) is 10.7 Å². The minimum absolute atomic E-state index is 0.0503. The Labute approximate surface area is 113 Å². The summed E-state index contributed by atoms with van der Waals surface area (Å²) in [7, 11) is 0. The fourth-order valence-electron chi connectivity index (χ4n) is 1.54. The average Bonchev–Trinajstić information content (AvgIpc) is 2.84. The van der Waals surface area contributed by atoms with Gasteiger partial charge in [-0.3, -0.25) is 5.32 Å². The first-order valence-corrected chi connectivity index (χ1v) is 6.26. The summed E-state index contributed by atoms with van der Waals surface area (Å²) in [5.74, 6) is -1.09. The van der Waals surface area contributed by atoms with Crippen LogP contribution >= 0.6 is 11.3 Å². The molecule has 1 aromatic heterocycles. The van der Waals surface area contributed by atoms with Gasteiger partial charge in [0.2, 0.25) is 0 Å². The van der Waals surface area contributed by atoms with Gasteiger partial charge >= 0.3 is 12.0 Å². The number of nitrogens with one attached hydrogen (secondary N) is 2. The standard InChI is InChI=1S/C12H11N3O3S/c1-7-3-2-4-8(10(16)17)9(7)14-11(18)15-12-13-5-6-19-12/h2-6H,1H3,(H,16,17)(H2,13,14,15,18). The van der Waals surface area contributed by atoms with Gasteiger partial charge < -0.3 is 10.4 Å². The molecule has 0 saturated heterocycles. The quantitative estimate of drug-likeness (QED) is 0.804. The maximum Gasteiger partial charge on any atom is 0.337 e. The number of aromatic nitrogens is 1. The zero-order valence-electron chi connectivity index (χ0n) is 10.0. The van der Waals surface area contributed by atoms with E-state index in [1.807, 2.05) is 0 Å². The molecule has 1 aromatic carbocycles. The van der Waals surface area contributed by atoms with E-state index >= 15 is 0 Å². The summed E-state index contributed by atoms with van der Waals surface area (Å²) in [4.78, 5) is 26.8. The van der Waals surface area contributed by atoms with Crippen LogP contribution in [-0.4, -0.2) is 22.1 Å². The van der Waals surface area contributed by atoms with E-state index in [2.05, 4.69) is 15.6 Å². The van der Waals surface area contributed by atoms with Crippen molar-refractivity contribution in [3.63, 3.8) is 0 Å². The molecule has 2 amide bonds. The Hall–Kier alpha value is -2.41. The highest BCUT2D eigenvalue weighted by atomic mass is 32.1. The molecule has 98 valence electrons. The van der Waals surface area contributed by atoms with Gasteiger partial charge in [0.25, 0.3) is 0 Å². The number of carbonyl (C=O) groups is 2. The van der Waals surface area contributed by atoms with Gasteiger partial charge in [-0.25, -0.2) is 14.6 Å². The van der Waals surface area contributed by atoms with Gasteiger partial charge in [0, 0.05) is 11.6 Å². The van der Waals surface area contributed by atoms with Crippen molar-refractivity contribution >= 4 is 34.2 Å². The van der Waals surface area contributed by atoms with Crippen LogP contribution in [0.15, 0.2) is 29.8 Å². The Morgan fingerprint density at radius 1 is 1.32 bits per heavy atom. The third-order valence-corrected chi connectivity index (χ3v) is 3.08. The van der Waals surface area contributed by atoms with E-state index in [9.17, 15) is 9.59 Å². The molecule has 2 aromatic rings. The van der Waals surface area contributed by atoms with Crippen LogP contribution < -0.4 is 10.6 Å². The molecular weight excluding hydrogens is 266 g/mol. The van der Waals surface area contributed by atoms with Gasteiger partial charge in [0.1, 0.15) is 0 Å². The molecule has 0 aliphatic carbocycles. The van der Waals surface area contributed by atoms with Crippen molar-refractivity contribution in [3.8, 4) is 0 Å². The average molecular weight is 277 g/mol. The summed E-state index contributed by atoms with van der Waals surface area (Å²) in [6.07, 6.45) is 1.57. The van der Waals surface area contributed by atoms with Crippen molar-refractivity contribution in [2.45, 2.75) is 6.92 Å². The maximum atomic E-state index is 11.8. The lowest BCUT2D eigenvalue weighted by Crippen LogP contribution is -2.21. The van der Waals surface area contributed by atoms with Crippen LogP contribution in [0.25, 0.3) is 0 Å². The summed E-state index contributed by atoms with van der Waals surface area (Å²) in [5.41, 5.74) is 1.01. The second-order valence-corrected chi connectivity index (χ2v) is 4.61. The number of carboxylic acids is 1. The smallest absolute Gasteiger partial charge is 0.337 e. The number of anilines is 2. The lowest BCUT2D eigenvalue weighted by Gasteiger charge is -2.11. The first-order valence-electron chi connectivity index (χ1n) is 5.38. The molecule has 7 heteroatoms. The molecule has 0 atom stereocenters. The van der Waals surface area contributed by atoms with Gasteiger partial charge in [-0.05, 0) is 18.6 Å². The third kappa shape index (κ3) is 3.08. The van der Waals surface area contributed by atoms with Gasteiger partial charge in [0.15, 0.2) is 5.13 Å². The lowest BCUT2D eigenvalue weighted by molar-refractivity contribution is 0.0698. The van der Waals surface area contributed by atoms with Crippen molar-refractivity contribution in [3.05, 3.63) is 40.9 Å². The number of carboxylic acid groups (broad SMARTS) is 1. The van der Waals surface area contributed by atoms with Crippen molar-refractivity contribution in [1.29, 1.82) is 0 Å². The molecule has 0 bridgehead atoms. The van der Waals surface area contributed by atoms with Crippen LogP contribution in [0.1, 0.15) is 15.9 Å². The van der Waals surface area contributed by atoms with Gasteiger partial charge in [0.05, 0.1) is 11.3 Å². The van der Waals surface area contributed by atoms with E-state index in [1.54, 1.807) is 30.6 Å². The molecule has 0 aliphatic rings. The summed E-state index contributed by atoms with van der Waals surface area (Å²) in [5, 5.41) is 16.3. The minimum Gasteiger partial charge on any atom is -0.478 e. The molecule has 3 N–H and O–H groups in total. The highest BCUT2D eigenvalue weighted by Gasteiger charge is 2.14. The molecule has 1 heterocycles. The molecule has 0 radical (unpaired) electrons. The van der Waals surface area contributed by atoms with E-state index in [0.717, 1.165) is 0 Å². The van der Waals surface area contributed by atoms with Gasteiger partial charge in [-0.15, -0.1) is 11.3 Å². The summed E-state index contributed by atoms with van der Waals surface area (Å²) in [6.45, 7) is 1.73. The topological polar surface area (TPSA) is 91.3 Å².